The molecule has 15 heteroatoms. The highest BCUT2D eigenvalue weighted by Crippen LogP contribution is 2.31. The summed E-state index contributed by atoms with van der Waals surface area (Å²) in [4.78, 5) is 51.3. The van der Waals surface area contributed by atoms with E-state index in [4.69, 9.17) is 21.1 Å². The van der Waals surface area contributed by atoms with Crippen LogP contribution in [0.1, 0.15) is 28.9 Å². The van der Waals surface area contributed by atoms with Crippen molar-refractivity contribution in [2.75, 3.05) is 36.1 Å². The summed E-state index contributed by atoms with van der Waals surface area (Å²) in [6.07, 6.45) is -4.60. The molecule has 2 aromatic rings. The van der Waals surface area contributed by atoms with E-state index in [1.165, 1.54) is 29.2 Å². The van der Waals surface area contributed by atoms with Crippen molar-refractivity contribution in [1.82, 2.24) is 10.6 Å². The number of halogens is 4. The topological polar surface area (TPSA) is 117 Å². The van der Waals surface area contributed by atoms with Crippen molar-refractivity contribution in [1.29, 1.82) is 0 Å². The number of amides is 4. The molecule has 10 nitrogen and oxygen atoms in total. The van der Waals surface area contributed by atoms with E-state index in [0.29, 0.717) is 22.9 Å². The lowest BCUT2D eigenvalue weighted by atomic mass is 9.96. The summed E-state index contributed by atoms with van der Waals surface area (Å²) in [5.74, 6) is -2.58. The highest BCUT2D eigenvalue weighted by molar-refractivity contribution is 7.18. The monoisotopic (exact) mass is 588 g/mol. The number of nitrogens with zero attached hydrogens (tertiary/aromatic N) is 2. The number of anilines is 2. The smallest absolute Gasteiger partial charge is 0.446 e. The molecule has 2 N–H and O–H groups in total. The predicted octanol–water partition coefficient (Wildman–Crippen LogP) is 3.69. The quantitative estimate of drug-likeness (QED) is 0.454. The Morgan fingerprint density at radius 1 is 1.18 bits per heavy atom. The fraction of sp³-hybridized carbons (Fsp3) is 0.417. The Morgan fingerprint density at radius 2 is 1.90 bits per heavy atom. The molecule has 1 saturated carbocycles. The maximum Gasteiger partial charge on any atom is 0.491 e. The summed E-state index contributed by atoms with van der Waals surface area (Å²) in [7, 11) is 0. The molecule has 4 rings (SSSR count). The molecule has 210 valence electrons. The number of carbonyl (C=O) groups is 4. The molecule has 1 aromatic carbocycles. The first-order valence-corrected chi connectivity index (χ1v) is 13.1. The maximum absolute atomic E-state index is 14.2. The van der Waals surface area contributed by atoms with Crippen LogP contribution in [0.2, 0.25) is 4.34 Å². The molecule has 1 saturated heterocycles. The van der Waals surface area contributed by atoms with Crippen LogP contribution in [-0.4, -0.2) is 68.6 Å². The molecule has 1 aliphatic carbocycles. The summed E-state index contributed by atoms with van der Waals surface area (Å²) in [5.41, 5.74) is -0.213. The zero-order valence-corrected chi connectivity index (χ0v) is 21.9. The van der Waals surface area contributed by atoms with Gasteiger partial charge in [-0.3, -0.25) is 14.4 Å². The molecule has 39 heavy (non-hydrogen) atoms. The van der Waals surface area contributed by atoms with Gasteiger partial charge in [-0.05, 0) is 55.7 Å². The fourth-order valence-corrected chi connectivity index (χ4v) is 4.82. The van der Waals surface area contributed by atoms with E-state index in [2.05, 4.69) is 10.6 Å². The Kier molecular flexibility index (Phi) is 8.97. The lowest BCUT2D eigenvalue weighted by Gasteiger charge is -2.31. The van der Waals surface area contributed by atoms with Crippen LogP contribution in [0.4, 0.5) is 29.3 Å². The van der Waals surface area contributed by atoms with Gasteiger partial charge in [-0.15, -0.1) is 24.5 Å². The van der Waals surface area contributed by atoms with Gasteiger partial charge in [0.25, 0.3) is 17.7 Å². The first-order chi connectivity index (χ1) is 18.5. The van der Waals surface area contributed by atoms with Crippen molar-refractivity contribution in [3.05, 3.63) is 45.6 Å². The average molecular weight is 589 g/mol. The lowest BCUT2D eigenvalue weighted by Crippen LogP contribution is -2.57. The zero-order valence-electron chi connectivity index (χ0n) is 20.3. The van der Waals surface area contributed by atoms with Gasteiger partial charge in [-0.25, -0.2) is 9.69 Å². The number of benzene rings is 1. The number of morpholine rings is 1. The maximum atomic E-state index is 14.2. The van der Waals surface area contributed by atoms with Gasteiger partial charge in [-0.2, -0.15) is 0 Å². The summed E-state index contributed by atoms with van der Waals surface area (Å²) in [6.45, 7) is -0.304. The normalized spacial score (nSPS) is 16.7. The van der Waals surface area contributed by atoms with Crippen LogP contribution in [0.15, 0.2) is 36.4 Å². The minimum atomic E-state index is -5.18. The zero-order chi connectivity index (χ0) is 28.2. The standard InChI is InChI=1S/C24H24ClF3N4O6S/c25-19-9-8-18(39-19)21(34)29-12-17(30-23(36)38-16-2-1-3-16)22(35)32(24(26,27)28)15-6-4-14(5-7-15)31-10-11-37-13-20(31)33/h4-9,16-17H,1-3,10-13H2,(H,29,34)(H,30,36)/t17-/m1/s1. The van der Waals surface area contributed by atoms with Crippen molar-refractivity contribution in [2.24, 2.45) is 0 Å². The second-order valence-corrected chi connectivity index (χ2v) is 10.4. The molecular weight excluding hydrogens is 565 g/mol. The van der Waals surface area contributed by atoms with Crippen molar-refractivity contribution < 1.29 is 41.8 Å². The number of alkyl carbamates (subject to hydrolysis) is 1. The third-order valence-corrected chi connectivity index (χ3v) is 7.29. The fourth-order valence-electron chi connectivity index (χ4n) is 3.86. The van der Waals surface area contributed by atoms with Crippen LogP contribution in [0.5, 0.6) is 0 Å². The van der Waals surface area contributed by atoms with E-state index in [9.17, 15) is 32.3 Å². The number of thiophene rings is 1. The van der Waals surface area contributed by atoms with Crippen LogP contribution in [-0.2, 0) is 19.1 Å². The molecule has 0 spiro atoms. The third-order valence-electron chi connectivity index (χ3n) is 6.06. The van der Waals surface area contributed by atoms with Gasteiger partial charge < -0.3 is 25.0 Å². The third kappa shape index (κ3) is 7.19. The molecule has 0 radical (unpaired) electrons. The van der Waals surface area contributed by atoms with E-state index in [-0.39, 0.29) is 30.5 Å². The summed E-state index contributed by atoms with van der Waals surface area (Å²) >= 11 is 6.77. The van der Waals surface area contributed by atoms with Gasteiger partial charge in [0.2, 0.25) is 0 Å². The molecule has 2 fully saturated rings. The number of alkyl halides is 3. The number of nitrogens with one attached hydrogen (secondary N) is 2. The number of hydrogen-bond donors (Lipinski definition) is 2. The van der Waals surface area contributed by atoms with E-state index in [1.54, 1.807) is 0 Å². The molecule has 0 unspecified atom stereocenters. The Morgan fingerprint density at radius 3 is 2.46 bits per heavy atom. The minimum Gasteiger partial charge on any atom is -0.446 e. The second kappa shape index (κ2) is 12.2. The van der Waals surface area contributed by atoms with Gasteiger partial charge in [0.05, 0.1) is 21.5 Å². The van der Waals surface area contributed by atoms with Crippen molar-refractivity contribution in [3.63, 3.8) is 0 Å². The molecule has 0 bridgehead atoms. The van der Waals surface area contributed by atoms with Gasteiger partial charge in [-0.1, -0.05) is 11.6 Å². The van der Waals surface area contributed by atoms with Gasteiger partial charge in [0.15, 0.2) is 0 Å². The highest BCUT2D eigenvalue weighted by Gasteiger charge is 2.45. The number of carbonyl (C=O) groups excluding carboxylic acids is 4. The van der Waals surface area contributed by atoms with Gasteiger partial charge in [0.1, 0.15) is 18.8 Å². The van der Waals surface area contributed by atoms with E-state index < -0.39 is 53.5 Å². The highest BCUT2D eigenvalue weighted by atomic mass is 35.5. The van der Waals surface area contributed by atoms with Crippen molar-refractivity contribution in [3.8, 4) is 0 Å². The number of rotatable bonds is 8. The van der Waals surface area contributed by atoms with Crippen LogP contribution in [0, 0.1) is 0 Å². The predicted molar refractivity (Wildman–Crippen MR) is 136 cm³/mol. The van der Waals surface area contributed by atoms with Crippen LogP contribution < -0.4 is 20.4 Å². The van der Waals surface area contributed by atoms with E-state index >= 15 is 0 Å². The molecule has 1 atom stereocenters. The Bertz CT molecular complexity index is 1220. The Labute approximate surface area is 230 Å². The van der Waals surface area contributed by atoms with Crippen LogP contribution in [0.25, 0.3) is 0 Å². The van der Waals surface area contributed by atoms with E-state index in [0.717, 1.165) is 29.9 Å². The molecule has 1 aliphatic heterocycles. The van der Waals surface area contributed by atoms with Crippen LogP contribution >= 0.6 is 22.9 Å². The second-order valence-electron chi connectivity index (χ2n) is 8.72. The van der Waals surface area contributed by atoms with Gasteiger partial charge >= 0.3 is 12.4 Å². The van der Waals surface area contributed by atoms with Crippen molar-refractivity contribution in [2.45, 2.75) is 37.7 Å². The lowest BCUT2D eigenvalue weighted by molar-refractivity contribution is -0.151. The van der Waals surface area contributed by atoms with Crippen molar-refractivity contribution >= 4 is 58.1 Å². The molecular formula is C24H24ClF3N4O6S. The SMILES string of the molecule is O=C(N[C@H](CNC(=O)c1ccc(Cl)s1)C(=O)N(c1ccc(N2CCOCC2=O)cc1)C(F)(F)F)OC1CCC1. The summed E-state index contributed by atoms with van der Waals surface area (Å²) < 4.78 is 53.1. The Balaban J connectivity index is 1.55. The largest absolute Gasteiger partial charge is 0.491 e. The summed E-state index contributed by atoms with van der Waals surface area (Å²) in [6, 6.07) is 5.70. The average Bonchev–Trinajstić information content (AvgIpc) is 3.30. The first-order valence-electron chi connectivity index (χ1n) is 11.9. The van der Waals surface area contributed by atoms with Gasteiger partial charge in [0, 0.05) is 18.8 Å². The summed E-state index contributed by atoms with van der Waals surface area (Å²) in [5, 5.41) is 4.53. The number of ether oxygens (including phenoxy) is 2. The Hall–Kier alpha value is -3.36. The molecule has 2 heterocycles. The molecule has 4 amide bonds. The molecule has 2 aliphatic rings. The molecule has 1 aromatic heterocycles. The van der Waals surface area contributed by atoms with E-state index in [1.807, 2.05) is 0 Å². The minimum absolute atomic E-state index is 0.150. The number of hydrogen-bond acceptors (Lipinski definition) is 7. The first kappa shape index (κ1) is 28.6. The van der Waals surface area contributed by atoms with Crippen LogP contribution in [0.3, 0.4) is 0 Å².